The molecule has 1 aromatic carbocycles. The molecule has 1 N–H and O–H groups in total. The largest absolute Gasteiger partial charge is 0.383 e. The molecule has 0 aliphatic carbocycles. The topological polar surface area (TPSA) is 54.2 Å². The molecule has 5 nitrogen and oxygen atoms in total. The second kappa shape index (κ2) is 6.05. The fourth-order valence-electron chi connectivity index (χ4n) is 2.59. The highest BCUT2D eigenvalue weighted by molar-refractivity contribution is 5.72. The zero-order valence-corrected chi connectivity index (χ0v) is 11.8. The lowest BCUT2D eigenvalue weighted by atomic mass is 10.1. The summed E-state index contributed by atoms with van der Waals surface area (Å²) in [6.45, 7) is 6.30. The summed E-state index contributed by atoms with van der Waals surface area (Å²) in [7, 11) is 0. The van der Waals surface area contributed by atoms with Crippen LogP contribution in [0.1, 0.15) is 18.7 Å². The summed E-state index contributed by atoms with van der Waals surface area (Å²) in [4.78, 5) is 6.79. The van der Waals surface area contributed by atoms with Crippen LogP contribution < -0.4 is 5.32 Å². The second-order valence-corrected chi connectivity index (χ2v) is 5.17. The van der Waals surface area contributed by atoms with Crippen molar-refractivity contribution in [3.63, 3.8) is 0 Å². The first kappa shape index (κ1) is 13.1. The number of likely N-dealkylation sites (tertiary alicyclic amines) is 1. The van der Waals surface area contributed by atoms with E-state index in [0.29, 0.717) is 11.7 Å². The Morgan fingerprint density at radius 3 is 2.80 bits per heavy atom. The molecule has 1 aliphatic rings. The summed E-state index contributed by atoms with van der Waals surface area (Å²) in [5, 5.41) is 7.33. The van der Waals surface area contributed by atoms with Gasteiger partial charge in [0, 0.05) is 18.8 Å². The molecule has 20 heavy (non-hydrogen) atoms. The maximum absolute atomic E-state index is 5.26. The number of para-hydroxylation sites is 1. The molecule has 0 bridgehead atoms. The van der Waals surface area contributed by atoms with E-state index in [2.05, 4.69) is 26.4 Å². The van der Waals surface area contributed by atoms with Crippen LogP contribution in [0, 0.1) is 6.92 Å². The predicted molar refractivity (Wildman–Crippen MR) is 78.6 cm³/mol. The Balaban J connectivity index is 1.66. The minimum Gasteiger partial charge on any atom is -0.383 e. The Labute approximate surface area is 119 Å². The second-order valence-electron chi connectivity index (χ2n) is 5.17. The third-order valence-electron chi connectivity index (χ3n) is 3.63. The normalized spacial score (nSPS) is 15.7. The zero-order valence-electron chi connectivity index (χ0n) is 11.8. The van der Waals surface area contributed by atoms with Crippen molar-refractivity contribution in [2.24, 2.45) is 0 Å². The first-order valence-electron chi connectivity index (χ1n) is 7.19. The fraction of sp³-hybridized carbons (Fsp3) is 0.467. The molecule has 2 aromatic rings. The minimum atomic E-state index is 0.576. The van der Waals surface area contributed by atoms with Gasteiger partial charge < -0.3 is 14.7 Å². The van der Waals surface area contributed by atoms with E-state index in [1.54, 1.807) is 0 Å². The summed E-state index contributed by atoms with van der Waals surface area (Å²) in [5.41, 5.74) is 2.02. The highest BCUT2D eigenvalue weighted by Gasteiger charge is 2.13. The van der Waals surface area contributed by atoms with Crippen molar-refractivity contribution in [1.29, 1.82) is 0 Å². The lowest BCUT2D eigenvalue weighted by Crippen LogP contribution is -2.26. The molecule has 3 rings (SSSR count). The summed E-state index contributed by atoms with van der Waals surface area (Å²) in [6, 6.07) is 8.06. The molecule has 0 unspecified atom stereocenters. The van der Waals surface area contributed by atoms with E-state index in [4.69, 9.17) is 4.52 Å². The lowest BCUT2D eigenvalue weighted by Gasteiger charge is -2.16. The molecule has 1 aliphatic heterocycles. The molecule has 1 aromatic heterocycles. The van der Waals surface area contributed by atoms with Crippen LogP contribution in [0.4, 0.5) is 5.69 Å². The van der Waals surface area contributed by atoms with Crippen molar-refractivity contribution in [3.05, 3.63) is 30.1 Å². The molecule has 0 saturated carbocycles. The Hall–Kier alpha value is -1.88. The first-order valence-corrected chi connectivity index (χ1v) is 7.19. The molecule has 1 saturated heterocycles. The Morgan fingerprint density at radius 1 is 1.25 bits per heavy atom. The molecule has 106 valence electrons. The van der Waals surface area contributed by atoms with Gasteiger partial charge in [-0.2, -0.15) is 4.98 Å². The van der Waals surface area contributed by atoms with Gasteiger partial charge >= 0.3 is 0 Å². The van der Waals surface area contributed by atoms with Crippen LogP contribution in [0.3, 0.4) is 0 Å². The summed E-state index contributed by atoms with van der Waals surface area (Å²) in [6.07, 6.45) is 2.66. The number of aromatic nitrogens is 2. The summed E-state index contributed by atoms with van der Waals surface area (Å²) >= 11 is 0. The average molecular weight is 272 g/mol. The van der Waals surface area contributed by atoms with Gasteiger partial charge in [0.05, 0.1) is 5.56 Å². The van der Waals surface area contributed by atoms with Gasteiger partial charge in [0.25, 0.3) is 5.89 Å². The number of nitrogens with zero attached hydrogens (tertiary/aromatic N) is 3. The van der Waals surface area contributed by atoms with Crippen LogP contribution in [0.15, 0.2) is 28.8 Å². The van der Waals surface area contributed by atoms with Crippen LogP contribution in [0.2, 0.25) is 0 Å². The molecule has 0 radical (unpaired) electrons. The van der Waals surface area contributed by atoms with E-state index < -0.39 is 0 Å². The number of benzene rings is 1. The fourth-order valence-corrected chi connectivity index (χ4v) is 2.59. The van der Waals surface area contributed by atoms with Crippen LogP contribution in [0.5, 0.6) is 0 Å². The molecular weight excluding hydrogens is 252 g/mol. The van der Waals surface area contributed by atoms with Crippen molar-refractivity contribution in [2.75, 3.05) is 31.5 Å². The SMILES string of the molecule is Cc1noc(-c2ccccc2NCCN2CCCC2)n1. The molecular formula is C15H20N4O. The van der Waals surface area contributed by atoms with Gasteiger partial charge in [0.1, 0.15) is 0 Å². The molecule has 1 fully saturated rings. The highest BCUT2D eigenvalue weighted by Crippen LogP contribution is 2.26. The van der Waals surface area contributed by atoms with Crippen molar-refractivity contribution >= 4 is 5.69 Å². The smallest absolute Gasteiger partial charge is 0.260 e. The van der Waals surface area contributed by atoms with Crippen LogP contribution >= 0.6 is 0 Å². The van der Waals surface area contributed by atoms with Crippen molar-refractivity contribution in [1.82, 2.24) is 15.0 Å². The van der Waals surface area contributed by atoms with Crippen molar-refractivity contribution in [2.45, 2.75) is 19.8 Å². The molecule has 0 spiro atoms. The lowest BCUT2D eigenvalue weighted by molar-refractivity contribution is 0.352. The number of hydrogen-bond donors (Lipinski definition) is 1. The Morgan fingerprint density at radius 2 is 2.05 bits per heavy atom. The van der Waals surface area contributed by atoms with E-state index in [-0.39, 0.29) is 0 Å². The standard InChI is InChI=1S/C15H20N4O/c1-12-17-15(20-18-12)13-6-2-3-7-14(13)16-8-11-19-9-4-5-10-19/h2-3,6-7,16H,4-5,8-11H2,1H3. The van der Waals surface area contributed by atoms with Gasteiger partial charge in [-0.1, -0.05) is 17.3 Å². The molecule has 2 heterocycles. The van der Waals surface area contributed by atoms with E-state index in [1.165, 1.54) is 25.9 Å². The van der Waals surface area contributed by atoms with Crippen LogP contribution in [-0.2, 0) is 0 Å². The third kappa shape index (κ3) is 2.99. The molecule has 5 heteroatoms. The molecule has 0 atom stereocenters. The number of aryl methyl sites for hydroxylation is 1. The van der Waals surface area contributed by atoms with Gasteiger partial charge in [-0.25, -0.2) is 0 Å². The summed E-state index contributed by atoms with van der Waals surface area (Å²) < 4.78 is 5.26. The maximum Gasteiger partial charge on any atom is 0.260 e. The van der Waals surface area contributed by atoms with Crippen LogP contribution in [0.25, 0.3) is 11.5 Å². The Kier molecular flexibility index (Phi) is 3.97. The van der Waals surface area contributed by atoms with Gasteiger partial charge in [0.15, 0.2) is 5.82 Å². The van der Waals surface area contributed by atoms with Crippen molar-refractivity contribution < 1.29 is 4.52 Å². The average Bonchev–Trinajstić information content (AvgIpc) is 3.11. The van der Waals surface area contributed by atoms with Gasteiger partial charge in [-0.15, -0.1) is 0 Å². The van der Waals surface area contributed by atoms with Gasteiger partial charge in [0.2, 0.25) is 0 Å². The van der Waals surface area contributed by atoms with Crippen LogP contribution in [-0.4, -0.2) is 41.2 Å². The number of hydrogen-bond acceptors (Lipinski definition) is 5. The highest BCUT2D eigenvalue weighted by atomic mass is 16.5. The molecule has 0 amide bonds. The Bertz CT molecular complexity index is 561. The van der Waals surface area contributed by atoms with Gasteiger partial charge in [-0.3, -0.25) is 0 Å². The number of nitrogens with one attached hydrogen (secondary N) is 1. The maximum atomic E-state index is 5.26. The van der Waals surface area contributed by atoms with Gasteiger partial charge in [-0.05, 0) is 45.0 Å². The minimum absolute atomic E-state index is 0.576. The third-order valence-corrected chi connectivity index (χ3v) is 3.63. The van der Waals surface area contributed by atoms with E-state index in [1.807, 2.05) is 25.1 Å². The van der Waals surface area contributed by atoms with Crippen molar-refractivity contribution in [3.8, 4) is 11.5 Å². The van der Waals surface area contributed by atoms with E-state index in [0.717, 1.165) is 24.3 Å². The first-order chi connectivity index (χ1) is 9.83. The monoisotopic (exact) mass is 272 g/mol. The zero-order chi connectivity index (χ0) is 13.8. The quantitative estimate of drug-likeness (QED) is 0.906. The number of rotatable bonds is 5. The predicted octanol–water partition coefficient (Wildman–Crippen LogP) is 2.55. The summed E-state index contributed by atoms with van der Waals surface area (Å²) in [5.74, 6) is 1.23. The van der Waals surface area contributed by atoms with E-state index >= 15 is 0 Å². The van der Waals surface area contributed by atoms with E-state index in [9.17, 15) is 0 Å². The number of anilines is 1.